The predicted octanol–water partition coefficient (Wildman–Crippen LogP) is 5.18. The van der Waals surface area contributed by atoms with Crippen LogP contribution in [0.5, 0.6) is 17.2 Å². The highest BCUT2D eigenvalue weighted by Crippen LogP contribution is 2.40. The van der Waals surface area contributed by atoms with Gasteiger partial charge in [0.05, 0.1) is 32.8 Å². The Balaban J connectivity index is 1.84. The maximum absolute atomic E-state index is 9.58. The molecule has 0 amide bonds. The number of anilines is 4. The van der Waals surface area contributed by atoms with E-state index in [0.717, 1.165) is 17.7 Å². The summed E-state index contributed by atoms with van der Waals surface area (Å²) in [7, 11) is 4.68. The third kappa shape index (κ3) is 4.83. The van der Waals surface area contributed by atoms with E-state index in [1.165, 1.54) is 0 Å². The molecule has 0 saturated heterocycles. The van der Waals surface area contributed by atoms with Crippen molar-refractivity contribution in [3.8, 4) is 23.3 Å². The van der Waals surface area contributed by atoms with Gasteiger partial charge in [-0.25, -0.2) is 4.98 Å². The molecule has 1 heterocycles. The van der Waals surface area contributed by atoms with E-state index in [2.05, 4.69) is 26.7 Å². The van der Waals surface area contributed by atoms with Gasteiger partial charge in [-0.05, 0) is 37.1 Å². The van der Waals surface area contributed by atoms with Crippen molar-refractivity contribution < 1.29 is 14.2 Å². The number of nitriles is 1. The Morgan fingerprint density at radius 2 is 1.69 bits per heavy atom. The molecule has 166 valence electrons. The van der Waals surface area contributed by atoms with Crippen LogP contribution in [0, 0.1) is 11.3 Å². The van der Waals surface area contributed by atoms with Crippen LogP contribution in [0.25, 0.3) is 0 Å². The molecular formula is C24H27N5O3. The lowest BCUT2D eigenvalue weighted by Gasteiger charge is -2.20. The van der Waals surface area contributed by atoms with Crippen LogP contribution in [0.2, 0.25) is 0 Å². The van der Waals surface area contributed by atoms with E-state index in [4.69, 9.17) is 14.2 Å². The minimum Gasteiger partial charge on any atom is -0.493 e. The van der Waals surface area contributed by atoms with Crippen LogP contribution >= 0.6 is 0 Å². The number of nitrogens with one attached hydrogen (secondary N) is 2. The molecule has 0 aliphatic rings. The number of hydrogen-bond acceptors (Lipinski definition) is 8. The number of nitrogens with zero attached hydrogens (tertiary/aromatic N) is 3. The lowest BCUT2D eigenvalue weighted by molar-refractivity contribution is 0.324. The summed E-state index contributed by atoms with van der Waals surface area (Å²) in [6, 6.07) is 15.5. The van der Waals surface area contributed by atoms with Gasteiger partial charge < -0.3 is 24.8 Å². The van der Waals surface area contributed by atoms with Gasteiger partial charge in [0.1, 0.15) is 5.82 Å². The van der Waals surface area contributed by atoms with E-state index >= 15 is 0 Å². The summed E-state index contributed by atoms with van der Waals surface area (Å²) in [4.78, 5) is 8.83. The van der Waals surface area contributed by atoms with Crippen molar-refractivity contribution in [2.75, 3.05) is 32.0 Å². The Labute approximate surface area is 188 Å². The molecule has 2 N–H and O–H groups in total. The van der Waals surface area contributed by atoms with Crippen LogP contribution < -0.4 is 24.8 Å². The van der Waals surface area contributed by atoms with E-state index in [-0.39, 0.29) is 0 Å². The maximum Gasteiger partial charge on any atom is 0.229 e. The van der Waals surface area contributed by atoms with Crippen LogP contribution in [0.4, 0.5) is 23.1 Å². The summed E-state index contributed by atoms with van der Waals surface area (Å²) in [5.41, 5.74) is 1.95. The van der Waals surface area contributed by atoms with Crippen molar-refractivity contribution in [2.45, 2.75) is 25.7 Å². The molecule has 8 heteroatoms. The Morgan fingerprint density at radius 1 is 0.969 bits per heavy atom. The van der Waals surface area contributed by atoms with E-state index in [0.29, 0.717) is 34.7 Å². The molecule has 8 nitrogen and oxygen atoms in total. The van der Waals surface area contributed by atoms with Gasteiger partial charge in [-0.2, -0.15) is 10.2 Å². The smallest absolute Gasteiger partial charge is 0.229 e. The number of ether oxygens (including phenoxy) is 3. The van der Waals surface area contributed by atoms with E-state index in [9.17, 15) is 5.26 Å². The fraction of sp³-hybridized carbons (Fsp3) is 0.292. The molecule has 0 fully saturated rings. The fourth-order valence-electron chi connectivity index (χ4n) is 3.21. The molecule has 1 aromatic heterocycles. The van der Waals surface area contributed by atoms with Gasteiger partial charge >= 0.3 is 0 Å². The lowest BCUT2D eigenvalue weighted by Crippen LogP contribution is -2.18. The second-order valence-corrected chi connectivity index (χ2v) is 7.31. The van der Waals surface area contributed by atoms with Crippen molar-refractivity contribution >= 4 is 23.1 Å². The van der Waals surface area contributed by atoms with Crippen molar-refractivity contribution in [1.29, 1.82) is 5.26 Å². The average Bonchev–Trinajstić information content (AvgIpc) is 2.83. The summed E-state index contributed by atoms with van der Waals surface area (Å²) >= 11 is 0. The van der Waals surface area contributed by atoms with Gasteiger partial charge in [-0.3, -0.25) is 0 Å². The Morgan fingerprint density at radius 3 is 2.28 bits per heavy atom. The highest BCUT2D eigenvalue weighted by atomic mass is 16.5. The van der Waals surface area contributed by atoms with E-state index in [1.54, 1.807) is 45.7 Å². The summed E-state index contributed by atoms with van der Waals surface area (Å²) in [5, 5.41) is 16.0. The third-order valence-corrected chi connectivity index (χ3v) is 5.30. The van der Waals surface area contributed by atoms with Crippen LogP contribution in [-0.4, -0.2) is 31.3 Å². The van der Waals surface area contributed by atoms with Crippen molar-refractivity contribution in [3.05, 3.63) is 54.2 Å². The highest BCUT2D eigenvalue weighted by molar-refractivity contribution is 5.66. The molecule has 0 saturated carbocycles. The summed E-state index contributed by atoms with van der Waals surface area (Å²) in [6.45, 7) is 3.95. The monoisotopic (exact) mass is 433 g/mol. The summed E-state index contributed by atoms with van der Waals surface area (Å²) < 4.78 is 16.2. The number of methoxy groups -OCH3 is 3. The predicted molar refractivity (Wildman–Crippen MR) is 124 cm³/mol. The number of hydrogen-bond donors (Lipinski definition) is 2. The van der Waals surface area contributed by atoms with Crippen LogP contribution in [0.1, 0.15) is 25.8 Å². The molecule has 0 radical (unpaired) electrons. The molecule has 0 bridgehead atoms. The van der Waals surface area contributed by atoms with E-state index in [1.807, 2.05) is 38.1 Å². The molecule has 2 aromatic carbocycles. The quantitative estimate of drug-likeness (QED) is 0.476. The molecule has 0 aliphatic heterocycles. The molecular weight excluding hydrogens is 406 g/mol. The first kappa shape index (κ1) is 22.7. The van der Waals surface area contributed by atoms with Gasteiger partial charge in [-0.15, -0.1) is 0 Å². The minimum absolute atomic E-state index is 0.399. The number of benzene rings is 2. The van der Waals surface area contributed by atoms with E-state index < -0.39 is 5.41 Å². The standard InChI is InChI=1S/C24H27N5O3/c1-6-24(2,15-25)16-8-7-9-17(12-16)27-21-10-11-26-23(29-21)28-18-13-19(30-3)22(32-5)20(14-18)31-4/h7-14H,6H2,1-5H3,(H2,26,27,28,29). The first-order chi connectivity index (χ1) is 15.5. The summed E-state index contributed by atoms with van der Waals surface area (Å²) in [6.07, 6.45) is 2.38. The zero-order valence-corrected chi connectivity index (χ0v) is 18.9. The minimum atomic E-state index is -0.539. The molecule has 1 atom stereocenters. The van der Waals surface area contributed by atoms with Crippen molar-refractivity contribution in [1.82, 2.24) is 9.97 Å². The first-order valence-electron chi connectivity index (χ1n) is 10.1. The van der Waals surface area contributed by atoms with Crippen molar-refractivity contribution in [2.24, 2.45) is 0 Å². The topological polar surface area (TPSA) is 101 Å². The van der Waals surface area contributed by atoms with Gasteiger partial charge in [0.25, 0.3) is 0 Å². The lowest BCUT2D eigenvalue weighted by atomic mass is 9.81. The zero-order valence-electron chi connectivity index (χ0n) is 18.9. The van der Waals surface area contributed by atoms with Gasteiger partial charge in [0.15, 0.2) is 11.5 Å². The zero-order chi connectivity index (χ0) is 23.1. The van der Waals surface area contributed by atoms with Gasteiger partial charge in [0, 0.05) is 29.7 Å². The van der Waals surface area contributed by atoms with Crippen LogP contribution in [-0.2, 0) is 5.41 Å². The van der Waals surface area contributed by atoms with Crippen LogP contribution in [0.15, 0.2) is 48.7 Å². The average molecular weight is 434 g/mol. The molecule has 3 rings (SSSR count). The molecule has 1 unspecified atom stereocenters. The van der Waals surface area contributed by atoms with Crippen molar-refractivity contribution in [3.63, 3.8) is 0 Å². The second-order valence-electron chi connectivity index (χ2n) is 7.31. The SMILES string of the molecule is CCC(C)(C#N)c1cccc(Nc2ccnc(Nc3cc(OC)c(OC)c(OC)c3)n2)c1. The summed E-state index contributed by atoms with van der Waals surface area (Å²) in [5.74, 6) is 2.57. The first-order valence-corrected chi connectivity index (χ1v) is 10.1. The van der Waals surface area contributed by atoms with Gasteiger partial charge in [0.2, 0.25) is 11.7 Å². The molecule has 3 aromatic rings. The third-order valence-electron chi connectivity index (χ3n) is 5.30. The highest BCUT2D eigenvalue weighted by Gasteiger charge is 2.24. The number of rotatable bonds is 9. The fourth-order valence-corrected chi connectivity index (χ4v) is 3.21. The number of aromatic nitrogens is 2. The Hall–Kier alpha value is -3.99. The Bertz CT molecular complexity index is 1100. The normalized spacial score (nSPS) is 12.2. The molecule has 0 aliphatic carbocycles. The largest absolute Gasteiger partial charge is 0.493 e. The molecule has 32 heavy (non-hydrogen) atoms. The second kappa shape index (κ2) is 9.88. The maximum atomic E-state index is 9.58. The molecule has 0 spiro atoms. The van der Waals surface area contributed by atoms with Crippen LogP contribution in [0.3, 0.4) is 0 Å². The van der Waals surface area contributed by atoms with Gasteiger partial charge in [-0.1, -0.05) is 19.1 Å². The Kier molecular flexibility index (Phi) is 7.00.